The van der Waals surface area contributed by atoms with Gasteiger partial charge in [0.05, 0.1) is 6.04 Å². The van der Waals surface area contributed by atoms with E-state index in [4.69, 9.17) is 0 Å². The van der Waals surface area contributed by atoms with E-state index in [9.17, 15) is 4.79 Å². The van der Waals surface area contributed by atoms with E-state index in [0.29, 0.717) is 11.9 Å². The summed E-state index contributed by atoms with van der Waals surface area (Å²) in [5.41, 5.74) is 3.81. The summed E-state index contributed by atoms with van der Waals surface area (Å²) in [6, 6.07) is 19.5. The first-order valence-electron chi connectivity index (χ1n) is 8.92. The summed E-state index contributed by atoms with van der Waals surface area (Å²) in [4.78, 5) is 17.1. The van der Waals surface area contributed by atoms with Crippen molar-refractivity contribution in [1.82, 2.24) is 9.80 Å². The molecule has 2 saturated heterocycles. The van der Waals surface area contributed by atoms with Gasteiger partial charge in [-0.25, -0.2) is 0 Å². The molecule has 24 heavy (non-hydrogen) atoms. The average Bonchev–Trinajstić information content (AvgIpc) is 3.09. The lowest BCUT2D eigenvalue weighted by Crippen LogP contribution is -2.58. The standard InChI is InChI=1S/C21H24N2O/c1-16-21(24)23-13-7-11-19(23)15-22(16)14-18-10-5-6-12-20(18)17-8-3-2-4-9-17/h2-6,8-10,12,16,19H,7,11,13-15H2,1H3/t16-,19-/m0/s1. The van der Waals surface area contributed by atoms with Crippen LogP contribution in [-0.4, -0.2) is 40.9 Å². The molecule has 0 unspecified atom stereocenters. The molecule has 2 fully saturated rings. The van der Waals surface area contributed by atoms with E-state index >= 15 is 0 Å². The summed E-state index contributed by atoms with van der Waals surface area (Å²) in [5.74, 6) is 0.306. The SMILES string of the molecule is C[C@H]1C(=O)N2CCC[C@H]2CN1Cc1ccccc1-c1ccccc1. The molecule has 0 bridgehead atoms. The average molecular weight is 320 g/mol. The molecule has 124 valence electrons. The lowest BCUT2D eigenvalue weighted by atomic mass is 9.98. The van der Waals surface area contributed by atoms with E-state index in [-0.39, 0.29) is 6.04 Å². The van der Waals surface area contributed by atoms with Crippen molar-refractivity contribution >= 4 is 5.91 Å². The number of amides is 1. The van der Waals surface area contributed by atoms with Crippen molar-refractivity contribution in [3.63, 3.8) is 0 Å². The van der Waals surface area contributed by atoms with E-state index < -0.39 is 0 Å². The molecule has 0 N–H and O–H groups in total. The summed E-state index contributed by atoms with van der Waals surface area (Å²) in [6.45, 7) is 4.84. The fourth-order valence-corrected chi connectivity index (χ4v) is 4.12. The first kappa shape index (κ1) is 15.4. The Kier molecular flexibility index (Phi) is 4.11. The normalized spacial score (nSPS) is 24.2. The Morgan fingerprint density at radius 3 is 2.62 bits per heavy atom. The number of piperazine rings is 1. The zero-order chi connectivity index (χ0) is 16.5. The Balaban J connectivity index is 1.61. The minimum atomic E-state index is -0.0248. The lowest BCUT2D eigenvalue weighted by molar-refractivity contribution is -0.143. The van der Waals surface area contributed by atoms with Crippen LogP contribution in [0.4, 0.5) is 0 Å². The minimum Gasteiger partial charge on any atom is -0.337 e. The smallest absolute Gasteiger partial charge is 0.239 e. The number of hydrogen-bond donors (Lipinski definition) is 0. The lowest BCUT2D eigenvalue weighted by Gasteiger charge is -2.41. The molecular weight excluding hydrogens is 296 g/mol. The van der Waals surface area contributed by atoms with Crippen LogP contribution in [0.25, 0.3) is 11.1 Å². The first-order valence-corrected chi connectivity index (χ1v) is 8.92. The quantitative estimate of drug-likeness (QED) is 0.863. The van der Waals surface area contributed by atoms with E-state index in [0.717, 1.165) is 32.5 Å². The summed E-state index contributed by atoms with van der Waals surface area (Å²) >= 11 is 0. The van der Waals surface area contributed by atoms with Crippen LogP contribution >= 0.6 is 0 Å². The Morgan fingerprint density at radius 2 is 1.79 bits per heavy atom. The maximum absolute atomic E-state index is 12.6. The predicted molar refractivity (Wildman–Crippen MR) is 96.5 cm³/mol. The second-order valence-corrected chi connectivity index (χ2v) is 6.96. The fourth-order valence-electron chi connectivity index (χ4n) is 4.12. The topological polar surface area (TPSA) is 23.6 Å². The monoisotopic (exact) mass is 320 g/mol. The summed E-state index contributed by atoms with van der Waals surface area (Å²) in [6.07, 6.45) is 2.30. The Bertz CT molecular complexity index is 728. The van der Waals surface area contributed by atoms with Crippen molar-refractivity contribution in [2.45, 2.75) is 38.4 Å². The zero-order valence-corrected chi connectivity index (χ0v) is 14.2. The van der Waals surface area contributed by atoms with Gasteiger partial charge >= 0.3 is 0 Å². The summed E-state index contributed by atoms with van der Waals surface area (Å²) in [7, 11) is 0. The van der Waals surface area contributed by atoms with Crippen molar-refractivity contribution in [3.05, 3.63) is 60.2 Å². The maximum atomic E-state index is 12.6. The largest absolute Gasteiger partial charge is 0.337 e. The van der Waals surface area contributed by atoms with Crippen molar-refractivity contribution in [2.75, 3.05) is 13.1 Å². The second kappa shape index (κ2) is 6.40. The molecule has 2 aliphatic rings. The highest BCUT2D eigenvalue weighted by Gasteiger charge is 2.40. The van der Waals surface area contributed by atoms with Crippen LogP contribution in [0, 0.1) is 0 Å². The zero-order valence-electron chi connectivity index (χ0n) is 14.2. The molecule has 2 aromatic rings. The van der Waals surface area contributed by atoms with E-state index in [1.54, 1.807) is 0 Å². The molecular formula is C21H24N2O. The molecule has 1 amide bonds. The molecule has 2 heterocycles. The fraction of sp³-hybridized carbons (Fsp3) is 0.381. The molecule has 2 aromatic carbocycles. The molecule has 3 nitrogen and oxygen atoms in total. The molecule has 2 aliphatic heterocycles. The first-order chi connectivity index (χ1) is 11.7. The van der Waals surface area contributed by atoms with Gasteiger partial charge in [-0.1, -0.05) is 54.6 Å². The summed E-state index contributed by atoms with van der Waals surface area (Å²) < 4.78 is 0. The number of benzene rings is 2. The Morgan fingerprint density at radius 1 is 1.04 bits per heavy atom. The van der Waals surface area contributed by atoms with Gasteiger partial charge in [-0.3, -0.25) is 9.69 Å². The van der Waals surface area contributed by atoms with Crippen molar-refractivity contribution in [1.29, 1.82) is 0 Å². The molecule has 0 aliphatic carbocycles. The van der Waals surface area contributed by atoms with E-state index in [2.05, 4.69) is 65.3 Å². The van der Waals surface area contributed by atoms with Crippen LogP contribution in [0.5, 0.6) is 0 Å². The molecule has 2 atom stereocenters. The van der Waals surface area contributed by atoms with Gasteiger partial charge < -0.3 is 4.90 Å². The van der Waals surface area contributed by atoms with Crippen molar-refractivity contribution < 1.29 is 4.79 Å². The van der Waals surface area contributed by atoms with Crippen LogP contribution in [0.3, 0.4) is 0 Å². The number of rotatable bonds is 3. The van der Waals surface area contributed by atoms with Crippen LogP contribution in [0.15, 0.2) is 54.6 Å². The third-order valence-corrected chi connectivity index (χ3v) is 5.49. The second-order valence-electron chi connectivity index (χ2n) is 6.96. The number of nitrogens with zero attached hydrogens (tertiary/aromatic N) is 2. The van der Waals surface area contributed by atoms with Gasteiger partial charge in [0.15, 0.2) is 0 Å². The number of hydrogen-bond acceptors (Lipinski definition) is 2. The van der Waals surface area contributed by atoms with Gasteiger partial charge in [-0.05, 0) is 36.5 Å². The molecule has 0 spiro atoms. The Labute approximate surface area is 143 Å². The van der Waals surface area contributed by atoms with Crippen LogP contribution in [0.2, 0.25) is 0 Å². The van der Waals surface area contributed by atoms with Gasteiger partial charge in [0, 0.05) is 25.7 Å². The van der Waals surface area contributed by atoms with Gasteiger partial charge in [-0.15, -0.1) is 0 Å². The van der Waals surface area contributed by atoms with Gasteiger partial charge in [0.25, 0.3) is 0 Å². The highest BCUT2D eigenvalue weighted by molar-refractivity contribution is 5.83. The third kappa shape index (κ3) is 2.73. The van der Waals surface area contributed by atoms with Crippen LogP contribution in [-0.2, 0) is 11.3 Å². The number of carbonyl (C=O) groups is 1. The maximum Gasteiger partial charge on any atom is 0.239 e. The molecule has 4 rings (SSSR count). The van der Waals surface area contributed by atoms with E-state index in [1.165, 1.54) is 16.7 Å². The van der Waals surface area contributed by atoms with Crippen molar-refractivity contribution in [2.24, 2.45) is 0 Å². The van der Waals surface area contributed by atoms with E-state index in [1.807, 2.05) is 6.07 Å². The van der Waals surface area contributed by atoms with Gasteiger partial charge in [-0.2, -0.15) is 0 Å². The third-order valence-electron chi connectivity index (χ3n) is 5.49. The Hall–Kier alpha value is -2.13. The summed E-state index contributed by atoms with van der Waals surface area (Å²) in [5, 5.41) is 0. The number of fused-ring (bicyclic) bond motifs is 1. The van der Waals surface area contributed by atoms with Crippen LogP contribution in [0.1, 0.15) is 25.3 Å². The number of carbonyl (C=O) groups excluding carboxylic acids is 1. The molecule has 0 saturated carbocycles. The molecule has 3 heteroatoms. The van der Waals surface area contributed by atoms with Crippen LogP contribution < -0.4 is 0 Å². The predicted octanol–water partition coefficient (Wildman–Crippen LogP) is 3.55. The molecule has 0 radical (unpaired) electrons. The molecule has 0 aromatic heterocycles. The van der Waals surface area contributed by atoms with Gasteiger partial charge in [0.2, 0.25) is 5.91 Å². The highest BCUT2D eigenvalue weighted by Crippen LogP contribution is 2.29. The minimum absolute atomic E-state index is 0.0248. The highest BCUT2D eigenvalue weighted by atomic mass is 16.2. The van der Waals surface area contributed by atoms with Crippen molar-refractivity contribution in [3.8, 4) is 11.1 Å². The van der Waals surface area contributed by atoms with Gasteiger partial charge in [0.1, 0.15) is 0 Å².